The summed E-state index contributed by atoms with van der Waals surface area (Å²) in [5.41, 5.74) is 1.57. The number of ether oxygens (including phenoxy) is 2. The Morgan fingerprint density at radius 1 is 1.16 bits per heavy atom. The quantitative estimate of drug-likeness (QED) is 0.540. The number of nitrogens with zero attached hydrogens (tertiary/aromatic N) is 2. The van der Waals surface area contributed by atoms with Crippen molar-refractivity contribution in [1.29, 1.82) is 0 Å². The highest BCUT2D eigenvalue weighted by molar-refractivity contribution is 6.07. The highest BCUT2D eigenvalue weighted by Crippen LogP contribution is 2.31. The Balaban J connectivity index is 1.42. The molecule has 1 amide bonds. The van der Waals surface area contributed by atoms with Gasteiger partial charge in [-0.05, 0) is 37.3 Å². The summed E-state index contributed by atoms with van der Waals surface area (Å²) >= 11 is 0. The molecule has 0 radical (unpaired) electrons. The van der Waals surface area contributed by atoms with E-state index in [0.717, 1.165) is 0 Å². The van der Waals surface area contributed by atoms with E-state index in [1.807, 2.05) is 24.3 Å². The average Bonchev–Trinajstić information content (AvgIpc) is 3.17. The maximum Gasteiger partial charge on any atom is 0.259 e. The smallest absolute Gasteiger partial charge is 0.259 e. The molecule has 2 aromatic carbocycles. The van der Waals surface area contributed by atoms with Gasteiger partial charge in [-0.1, -0.05) is 29.4 Å². The van der Waals surface area contributed by atoms with Crippen LogP contribution in [0.4, 0.5) is 4.39 Å². The van der Waals surface area contributed by atoms with Crippen LogP contribution in [0.2, 0.25) is 0 Å². The summed E-state index contributed by atoms with van der Waals surface area (Å²) in [7, 11) is 0. The van der Waals surface area contributed by atoms with Crippen molar-refractivity contribution in [2.24, 2.45) is 0 Å². The minimum atomic E-state index is -0.441. The Labute approximate surface area is 176 Å². The summed E-state index contributed by atoms with van der Waals surface area (Å²) in [5.74, 6) is 0.508. The van der Waals surface area contributed by atoms with Crippen LogP contribution in [0.3, 0.4) is 0 Å². The van der Waals surface area contributed by atoms with Gasteiger partial charge < -0.3 is 19.3 Å². The molecule has 1 N–H and O–H groups in total. The number of amides is 1. The van der Waals surface area contributed by atoms with Crippen molar-refractivity contribution in [1.82, 2.24) is 15.5 Å². The molecule has 0 spiro atoms. The van der Waals surface area contributed by atoms with Gasteiger partial charge in [0.1, 0.15) is 18.5 Å². The van der Waals surface area contributed by atoms with Crippen molar-refractivity contribution >= 4 is 17.0 Å². The van der Waals surface area contributed by atoms with Gasteiger partial charge in [0, 0.05) is 5.56 Å². The second kappa shape index (κ2) is 7.71. The van der Waals surface area contributed by atoms with Crippen LogP contribution in [-0.2, 0) is 0 Å². The van der Waals surface area contributed by atoms with Crippen LogP contribution >= 0.6 is 0 Å². The van der Waals surface area contributed by atoms with E-state index in [9.17, 15) is 9.18 Å². The van der Waals surface area contributed by atoms with E-state index in [-0.39, 0.29) is 35.5 Å². The molecule has 0 saturated heterocycles. The van der Waals surface area contributed by atoms with E-state index in [1.165, 1.54) is 6.07 Å². The van der Waals surface area contributed by atoms with Crippen molar-refractivity contribution in [2.45, 2.75) is 13.0 Å². The molecule has 1 atom stereocenters. The number of rotatable bonds is 4. The first-order valence-electron chi connectivity index (χ1n) is 9.79. The van der Waals surface area contributed by atoms with Crippen LogP contribution in [-0.4, -0.2) is 35.3 Å². The van der Waals surface area contributed by atoms with Gasteiger partial charge >= 0.3 is 0 Å². The lowest BCUT2D eigenvalue weighted by Gasteiger charge is -2.26. The summed E-state index contributed by atoms with van der Waals surface area (Å²) in [6.07, 6.45) is -0.342. The molecule has 4 aromatic rings. The molecule has 0 saturated carbocycles. The van der Waals surface area contributed by atoms with E-state index >= 15 is 0 Å². The number of hydrogen-bond donors (Lipinski definition) is 1. The minimum Gasteiger partial charge on any atom is -0.486 e. The monoisotopic (exact) mass is 419 g/mol. The number of carbonyl (C=O) groups is 1. The van der Waals surface area contributed by atoms with Crippen molar-refractivity contribution < 1.29 is 23.2 Å². The third-order valence-electron chi connectivity index (χ3n) is 5.07. The number of halogens is 1. The Morgan fingerprint density at radius 3 is 2.77 bits per heavy atom. The van der Waals surface area contributed by atoms with Crippen LogP contribution in [0.15, 0.2) is 59.1 Å². The van der Waals surface area contributed by atoms with Crippen molar-refractivity contribution in [3.63, 3.8) is 0 Å². The molecular formula is C23H18FN3O4. The number of para-hydroxylation sites is 2. The normalized spacial score (nSPS) is 15.1. The molecule has 31 heavy (non-hydrogen) atoms. The molecule has 8 heteroatoms. The van der Waals surface area contributed by atoms with Crippen LogP contribution < -0.4 is 14.8 Å². The summed E-state index contributed by atoms with van der Waals surface area (Å²) < 4.78 is 31.2. The highest BCUT2D eigenvalue weighted by Gasteiger charge is 2.24. The van der Waals surface area contributed by atoms with Crippen molar-refractivity contribution in [3.05, 3.63) is 71.7 Å². The Kier molecular flexibility index (Phi) is 4.74. The second-order valence-electron chi connectivity index (χ2n) is 7.19. The van der Waals surface area contributed by atoms with Gasteiger partial charge in [-0.3, -0.25) is 4.79 Å². The predicted molar refractivity (Wildman–Crippen MR) is 111 cm³/mol. The maximum atomic E-state index is 14.3. The Morgan fingerprint density at radius 2 is 1.94 bits per heavy atom. The lowest BCUT2D eigenvalue weighted by atomic mass is 10.0. The molecule has 3 heterocycles. The fourth-order valence-corrected chi connectivity index (χ4v) is 3.55. The van der Waals surface area contributed by atoms with Crippen LogP contribution in [0.25, 0.3) is 22.4 Å². The number of nitrogens with one attached hydrogen (secondary N) is 1. The molecule has 1 unspecified atom stereocenters. The zero-order chi connectivity index (χ0) is 21.4. The predicted octanol–water partition coefficient (Wildman–Crippen LogP) is 3.91. The minimum absolute atomic E-state index is 0.176. The SMILES string of the molecule is Cc1noc2nc(-c3ccccc3F)cc(C(=O)NCC3COc4ccccc4O3)c12. The molecule has 0 fully saturated rings. The van der Waals surface area contributed by atoms with Crippen LogP contribution in [0.1, 0.15) is 16.1 Å². The third-order valence-corrected chi connectivity index (χ3v) is 5.07. The van der Waals surface area contributed by atoms with Crippen LogP contribution in [0.5, 0.6) is 11.5 Å². The summed E-state index contributed by atoms with van der Waals surface area (Å²) in [5, 5.41) is 7.27. The van der Waals surface area contributed by atoms with Crippen molar-refractivity contribution in [2.75, 3.05) is 13.2 Å². The Bertz CT molecular complexity index is 1290. The second-order valence-corrected chi connectivity index (χ2v) is 7.19. The van der Waals surface area contributed by atoms with Gasteiger partial charge in [0.15, 0.2) is 11.5 Å². The van der Waals surface area contributed by atoms with E-state index in [1.54, 1.807) is 31.2 Å². The molecule has 0 aliphatic carbocycles. The number of benzene rings is 2. The Hall–Kier alpha value is -3.94. The number of aromatic nitrogens is 2. The van der Waals surface area contributed by atoms with Gasteiger partial charge in [-0.15, -0.1) is 0 Å². The van der Waals surface area contributed by atoms with Gasteiger partial charge in [0.05, 0.1) is 28.9 Å². The molecule has 2 aromatic heterocycles. The molecule has 0 bridgehead atoms. The number of hydrogen-bond acceptors (Lipinski definition) is 6. The maximum absolute atomic E-state index is 14.3. The van der Waals surface area contributed by atoms with E-state index in [2.05, 4.69) is 15.5 Å². The van der Waals surface area contributed by atoms with E-state index in [4.69, 9.17) is 14.0 Å². The van der Waals surface area contributed by atoms with Crippen LogP contribution in [0, 0.1) is 12.7 Å². The number of fused-ring (bicyclic) bond motifs is 2. The lowest BCUT2D eigenvalue weighted by Crippen LogP contribution is -2.40. The zero-order valence-corrected chi connectivity index (χ0v) is 16.6. The molecule has 156 valence electrons. The van der Waals surface area contributed by atoms with E-state index < -0.39 is 5.82 Å². The van der Waals surface area contributed by atoms with Gasteiger partial charge in [0.2, 0.25) is 0 Å². The molecule has 1 aliphatic rings. The standard InChI is InChI=1S/C23H18FN3O4/c1-13-21-16(10-18(26-23(21)31-27-13)15-6-2-3-7-17(15)24)22(28)25-11-14-12-29-19-8-4-5-9-20(19)30-14/h2-10,14H,11-12H2,1H3,(H,25,28). The fraction of sp³-hybridized carbons (Fsp3) is 0.174. The molecule has 7 nitrogen and oxygen atoms in total. The summed E-state index contributed by atoms with van der Waals surface area (Å²) in [6.45, 7) is 2.27. The molecular weight excluding hydrogens is 401 g/mol. The topological polar surface area (TPSA) is 86.5 Å². The zero-order valence-electron chi connectivity index (χ0n) is 16.6. The van der Waals surface area contributed by atoms with Gasteiger partial charge in [0.25, 0.3) is 11.6 Å². The highest BCUT2D eigenvalue weighted by atomic mass is 19.1. The first-order valence-corrected chi connectivity index (χ1v) is 9.79. The summed E-state index contributed by atoms with van der Waals surface area (Å²) in [6, 6.07) is 15.1. The molecule has 5 rings (SSSR count). The fourth-order valence-electron chi connectivity index (χ4n) is 3.55. The van der Waals surface area contributed by atoms with Gasteiger partial charge in [-0.2, -0.15) is 0 Å². The third kappa shape index (κ3) is 3.56. The number of aryl methyl sites for hydroxylation is 1. The van der Waals surface area contributed by atoms with E-state index in [0.29, 0.717) is 34.7 Å². The number of carbonyl (C=O) groups excluding carboxylic acids is 1. The molecule has 1 aliphatic heterocycles. The first-order chi connectivity index (χ1) is 15.1. The number of pyridine rings is 1. The summed E-state index contributed by atoms with van der Waals surface area (Å²) in [4.78, 5) is 17.4. The van der Waals surface area contributed by atoms with Crippen molar-refractivity contribution in [3.8, 4) is 22.8 Å². The lowest BCUT2D eigenvalue weighted by molar-refractivity contribution is 0.0790. The first kappa shape index (κ1) is 19.0. The largest absolute Gasteiger partial charge is 0.486 e. The average molecular weight is 419 g/mol. The van der Waals surface area contributed by atoms with Gasteiger partial charge in [-0.25, -0.2) is 9.37 Å².